The largest absolute Gasteiger partial charge is 0.202 e. The highest BCUT2D eigenvalue weighted by molar-refractivity contribution is 4.35. The molecule has 0 aliphatic rings. The molecule has 0 amide bonds. The fourth-order valence-corrected chi connectivity index (χ4v) is 0.677. The minimum absolute atomic E-state index is 1.36. The lowest BCUT2D eigenvalue weighted by molar-refractivity contribution is 0.656. The molecule has 1 heteroatoms. The molecule has 0 N–H and O–H groups in total. The van der Waals surface area contributed by atoms with E-state index < -0.39 is 0 Å². The number of rotatable bonds is 4. The summed E-state index contributed by atoms with van der Waals surface area (Å²) in [4.78, 5) is 0. The zero-order chi connectivity index (χ0) is 7.54. The molecule has 0 saturated heterocycles. The van der Waals surface area contributed by atoms with Crippen LogP contribution in [0, 0.1) is 11.8 Å². The van der Waals surface area contributed by atoms with Crippen molar-refractivity contribution in [2.24, 2.45) is 0 Å². The Labute approximate surface area is 58.7 Å². The van der Waals surface area contributed by atoms with Crippen LogP contribution in [-0.2, 0) is 0 Å². The minimum Gasteiger partial charge on any atom is -0.202 e. The normalized spacial score (nSPS) is 7.56. The van der Waals surface area contributed by atoms with E-state index >= 15 is 0 Å². The molecule has 0 rings (SSSR count). The van der Waals surface area contributed by atoms with Gasteiger partial charge in [0.05, 0.1) is 0 Å². The average Bonchev–Trinajstić information content (AvgIpc) is 1.94. The maximum Gasteiger partial charge on any atom is 0.0462 e. The summed E-state index contributed by atoms with van der Waals surface area (Å²) in [6, 6.07) is 0. The first-order chi connectivity index (χ1) is 4.41. The van der Waals surface area contributed by atoms with E-state index in [1.54, 1.807) is 0 Å². The Morgan fingerprint density at radius 3 is 1.44 bits per heavy atom. The Balaban J connectivity index is 0. The molecule has 0 aromatic rings. The third kappa shape index (κ3) is 18.5. The van der Waals surface area contributed by atoms with Crippen LogP contribution >= 0.6 is 0 Å². The lowest BCUT2D eigenvalue weighted by Gasteiger charge is -1.90. The summed E-state index contributed by atoms with van der Waals surface area (Å²) in [6.45, 7) is 7.99. The highest BCUT2D eigenvalue weighted by Crippen LogP contribution is 2.00. The standard InChI is InChI=1S/C7H16.CHN/c1-3-5-7-6-4-2;1-2/h3-7H2,1-2H3;1H. The summed E-state index contributed by atoms with van der Waals surface area (Å²) in [5, 5.41) is 6.50. The second kappa shape index (κ2) is 15.6. The van der Waals surface area contributed by atoms with Crippen molar-refractivity contribution in [3.63, 3.8) is 0 Å². The van der Waals surface area contributed by atoms with Gasteiger partial charge in [-0.05, 0) is 0 Å². The molecule has 0 aromatic heterocycles. The SMILES string of the molecule is C#N.CCCCCCC. The van der Waals surface area contributed by atoms with Gasteiger partial charge >= 0.3 is 0 Å². The quantitative estimate of drug-likeness (QED) is 0.532. The van der Waals surface area contributed by atoms with Gasteiger partial charge in [-0.3, -0.25) is 0 Å². The zero-order valence-electron chi connectivity index (χ0n) is 6.56. The van der Waals surface area contributed by atoms with Gasteiger partial charge in [0.1, 0.15) is 0 Å². The third-order valence-electron chi connectivity index (χ3n) is 1.21. The van der Waals surface area contributed by atoms with Gasteiger partial charge in [-0.1, -0.05) is 46.0 Å². The summed E-state index contributed by atoms with van der Waals surface area (Å²) < 4.78 is 0. The average molecular weight is 127 g/mol. The van der Waals surface area contributed by atoms with Gasteiger partial charge in [0.15, 0.2) is 0 Å². The van der Waals surface area contributed by atoms with Crippen LogP contribution in [0.25, 0.3) is 0 Å². The summed E-state index contributed by atoms with van der Waals surface area (Å²) in [5.74, 6) is 0. The Morgan fingerprint density at radius 1 is 0.889 bits per heavy atom. The number of unbranched alkanes of at least 4 members (excludes halogenated alkanes) is 4. The van der Waals surface area contributed by atoms with E-state index in [-0.39, 0.29) is 0 Å². The Kier molecular flexibility index (Phi) is 19.7. The molecule has 0 saturated carbocycles. The Bertz CT molecular complexity index is 43.8. The van der Waals surface area contributed by atoms with Crippen LogP contribution in [0.1, 0.15) is 46.0 Å². The number of hydrogen-bond donors (Lipinski definition) is 0. The topological polar surface area (TPSA) is 23.8 Å². The molecule has 0 heterocycles. The minimum atomic E-state index is 1.36. The molecule has 0 aliphatic carbocycles. The van der Waals surface area contributed by atoms with Crippen molar-refractivity contribution in [2.75, 3.05) is 0 Å². The Morgan fingerprint density at radius 2 is 1.22 bits per heavy atom. The molecule has 0 atom stereocenters. The predicted octanol–water partition coefficient (Wildman–Crippen LogP) is 3.12. The molecule has 0 unspecified atom stereocenters. The molecule has 0 spiro atoms. The van der Waals surface area contributed by atoms with E-state index in [1.807, 2.05) is 0 Å². The number of nitrogens with zero attached hydrogens (tertiary/aromatic N) is 1. The van der Waals surface area contributed by atoms with Crippen LogP contribution in [0.4, 0.5) is 0 Å². The number of nitriles is 1. The first kappa shape index (κ1) is 11.3. The van der Waals surface area contributed by atoms with Crippen LogP contribution in [-0.4, -0.2) is 0 Å². The highest BCUT2D eigenvalue weighted by Gasteiger charge is 1.80. The Hall–Kier alpha value is -0.510. The van der Waals surface area contributed by atoms with Crippen LogP contribution < -0.4 is 0 Å². The van der Waals surface area contributed by atoms with E-state index in [9.17, 15) is 0 Å². The van der Waals surface area contributed by atoms with Gasteiger partial charge < -0.3 is 0 Å². The summed E-state index contributed by atoms with van der Waals surface area (Å²) in [5.41, 5.74) is 0. The van der Waals surface area contributed by atoms with Crippen LogP contribution in [0.5, 0.6) is 0 Å². The maximum absolute atomic E-state index is 6.50. The maximum atomic E-state index is 6.50. The molecule has 54 valence electrons. The predicted molar refractivity (Wildman–Crippen MR) is 41.1 cm³/mol. The first-order valence-electron chi connectivity index (χ1n) is 3.67. The van der Waals surface area contributed by atoms with Crippen molar-refractivity contribution in [2.45, 2.75) is 46.0 Å². The summed E-state index contributed by atoms with van der Waals surface area (Å²) in [7, 11) is 0. The van der Waals surface area contributed by atoms with E-state index in [1.165, 1.54) is 32.1 Å². The molecule has 0 fully saturated rings. The first-order valence-corrected chi connectivity index (χ1v) is 3.67. The highest BCUT2D eigenvalue weighted by atomic mass is 14.2. The van der Waals surface area contributed by atoms with Crippen molar-refractivity contribution in [3.8, 4) is 6.57 Å². The summed E-state index contributed by atoms with van der Waals surface area (Å²) >= 11 is 0. The second-order valence-corrected chi connectivity index (χ2v) is 2.06. The van der Waals surface area contributed by atoms with Gasteiger partial charge in [0, 0.05) is 6.57 Å². The van der Waals surface area contributed by atoms with E-state index in [0.717, 1.165) is 0 Å². The summed E-state index contributed by atoms with van der Waals surface area (Å²) in [6.07, 6.45) is 7.01. The fraction of sp³-hybridized carbons (Fsp3) is 0.875. The van der Waals surface area contributed by atoms with Crippen molar-refractivity contribution in [1.82, 2.24) is 0 Å². The van der Waals surface area contributed by atoms with E-state index in [0.29, 0.717) is 0 Å². The van der Waals surface area contributed by atoms with Crippen molar-refractivity contribution in [1.29, 1.82) is 5.26 Å². The van der Waals surface area contributed by atoms with Crippen LogP contribution in [0.3, 0.4) is 0 Å². The number of hydrogen-bond acceptors (Lipinski definition) is 1. The van der Waals surface area contributed by atoms with Crippen molar-refractivity contribution in [3.05, 3.63) is 0 Å². The lowest BCUT2D eigenvalue weighted by atomic mass is 10.2. The lowest BCUT2D eigenvalue weighted by Crippen LogP contribution is -1.70. The molecule has 0 radical (unpaired) electrons. The van der Waals surface area contributed by atoms with Crippen LogP contribution in [0.2, 0.25) is 0 Å². The van der Waals surface area contributed by atoms with Crippen molar-refractivity contribution >= 4 is 0 Å². The molecule has 0 aliphatic heterocycles. The monoisotopic (exact) mass is 127 g/mol. The van der Waals surface area contributed by atoms with Gasteiger partial charge in [-0.25, -0.2) is 5.26 Å². The molecule has 1 nitrogen and oxygen atoms in total. The molecular weight excluding hydrogens is 110 g/mol. The van der Waals surface area contributed by atoms with Gasteiger partial charge in [0.25, 0.3) is 0 Å². The molecule has 0 bridgehead atoms. The van der Waals surface area contributed by atoms with E-state index in [2.05, 4.69) is 20.4 Å². The van der Waals surface area contributed by atoms with Gasteiger partial charge in [-0.15, -0.1) is 0 Å². The zero-order valence-corrected chi connectivity index (χ0v) is 6.56. The molecule has 0 aromatic carbocycles. The smallest absolute Gasteiger partial charge is 0.0462 e. The fourth-order valence-electron chi connectivity index (χ4n) is 0.677. The second-order valence-electron chi connectivity index (χ2n) is 2.06. The van der Waals surface area contributed by atoms with Crippen molar-refractivity contribution < 1.29 is 0 Å². The van der Waals surface area contributed by atoms with Crippen LogP contribution in [0.15, 0.2) is 0 Å². The third-order valence-corrected chi connectivity index (χ3v) is 1.21. The molecule has 9 heavy (non-hydrogen) atoms. The molecular formula is C8H17N. The van der Waals surface area contributed by atoms with Gasteiger partial charge in [-0.2, -0.15) is 0 Å². The van der Waals surface area contributed by atoms with E-state index in [4.69, 9.17) is 5.26 Å². The van der Waals surface area contributed by atoms with Gasteiger partial charge in [0.2, 0.25) is 0 Å².